The van der Waals surface area contributed by atoms with Crippen molar-refractivity contribution in [3.63, 3.8) is 0 Å². The first-order valence-corrected chi connectivity index (χ1v) is 11.7. The summed E-state index contributed by atoms with van der Waals surface area (Å²) in [4.78, 5) is 12.4. The summed E-state index contributed by atoms with van der Waals surface area (Å²) < 4.78 is 39.1. The normalized spacial score (nSPS) is 11.0. The quantitative estimate of drug-likeness (QED) is 0.433. The van der Waals surface area contributed by atoms with Gasteiger partial charge in [0.2, 0.25) is 0 Å². The van der Waals surface area contributed by atoms with E-state index in [0.29, 0.717) is 23.1 Å². The van der Waals surface area contributed by atoms with Crippen molar-refractivity contribution in [3.8, 4) is 11.5 Å². The van der Waals surface area contributed by atoms with Gasteiger partial charge >= 0.3 is 0 Å². The maximum absolute atomic E-state index is 13.0. The summed E-state index contributed by atoms with van der Waals surface area (Å²) >= 11 is 11.8. The minimum atomic E-state index is -4.02. The van der Waals surface area contributed by atoms with Crippen LogP contribution in [0.25, 0.3) is 0 Å². The largest absolute Gasteiger partial charge is 0.495 e. The highest BCUT2D eigenvalue weighted by atomic mass is 35.5. The van der Waals surface area contributed by atoms with Gasteiger partial charge in [0.05, 0.1) is 23.8 Å². The van der Waals surface area contributed by atoms with Crippen LogP contribution in [0.15, 0.2) is 65.6 Å². The predicted molar refractivity (Wildman–Crippen MR) is 126 cm³/mol. The van der Waals surface area contributed by atoms with E-state index in [4.69, 9.17) is 32.7 Å². The van der Waals surface area contributed by atoms with E-state index in [-0.39, 0.29) is 26.9 Å². The van der Waals surface area contributed by atoms with Crippen LogP contribution in [0.2, 0.25) is 10.0 Å². The van der Waals surface area contributed by atoms with E-state index in [9.17, 15) is 13.2 Å². The predicted octanol–water partition coefficient (Wildman–Crippen LogP) is 5.45. The van der Waals surface area contributed by atoms with Crippen molar-refractivity contribution >= 4 is 50.5 Å². The van der Waals surface area contributed by atoms with Gasteiger partial charge < -0.3 is 14.8 Å². The van der Waals surface area contributed by atoms with Gasteiger partial charge in [-0.05, 0) is 67.6 Å². The summed E-state index contributed by atoms with van der Waals surface area (Å²) in [5, 5.41) is 3.20. The molecule has 0 aliphatic carbocycles. The molecule has 0 saturated carbocycles. The van der Waals surface area contributed by atoms with Crippen LogP contribution in [-0.4, -0.2) is 28.0 Å². The lowest BCUT2D eigenvalue weighted by Crippen LogP contribution is -2.16. The minimum Gasteiger partial charge on any atom is -0.495 e. The molecule has 0 unspecified atom stereocenters. The standard InChI is InChI=1S/C22H20Cl2N2O5S/c1-3-31-17-8-5-15(6-9-17)26-32(28,29)21-13-16(7-11-20(21)30-2)25-22(27)14-4-10-18(23)19(24)12-14/h4-13,26H,3H2,1-2H3,(H,25,27). The Morgan fingerprint density at radius 1 is 0.938 bits per heavy atom. The topological polar surface area (TPSA) is 93.7 Å². The molecule has 3 rings (SSSR count). The molecule has 32 heavy (non-hydrogen) atoms. The third-order valence-electron chi connectivity index (χ3n) is 4.31. The Morgan fingerprint density at radius 3 is 2.25 bits per heavy atom. The minimum absolute atomic E-state index is 0.121. The fourth-order valence-corrected chi connectivity index (χ4v) is 4.35. The second-order valence-electron chi connectivity index (χ2n) is 6.51. The number of halogens is 2. The van der Waals surface area contributed by atoms with Crippen LogP contribution in [0, 0.1) is 0 Å². The molecule has 10 heteroatoms. The zero-order chi connectivity index (χ0) is 23.3. The molecule has 0 aliphatic rings. The summed E-state index contributed by atoms with van der Waals surface area (Å²) in [6.45, 7) is 2.36. The monoisotopic (exact) mass is 494 g/mol. The van der Waals surface area contributed by atoms with Crippen LogP contribution in [-0.2, 0) is 10.0 Å². The Morgan fingerprint density at radius 2 is 1.62 bits per heavy atom. The lowest BCUT2D eigenvalue weighted by atomic mass is 10.2. The maximum atomic E-state index is 13.0. The average molecular weight is 495 g/mol. The number of hydrogen-bond donors (Lipinski definition) is 2. The Labute approximate surface area is 196 Å². The van der Waals surface area contributed by atoms with E-state index in [1.54, 1.807) is 24.3 Å². The summed E-state index contributed by atoms with van der Waals surface area (Å²) in [5.74, 6) is 0.271. The van der Waals surface area contributed by atoms with Crippen LogP contribution in [0.5, 0.6) is 11.5 Å². The number of anilines is 2. The van der Waals surface area contributed by atoms with Gasteiger partial charge in [-0.1, -0.05) is 23.2 Å². The fourth-order valence-electron chi connectivity index (χ4n) is 2.80. The van der Waals surface area contributed by atoms with Crippen LogP contribution >= 0.6 is 23.2 Å². The molecule has 2 N–H and O–H groups in total. The smallest absolute Gasteiger partial charge is 0.265 e. The van der Waals surface area contributed by atoms with Crippen molar-refractivity contribution in [1.29, 1.82) is 0 Å². The average Bonchev–Trinajstić information content (AvgIpc) is 2.77. The van der Waals surface area contributed by atoms with Crippen molar-refractivity contribution in [1.82, 2.24) is 0 Å². The summed E-state index contributed by atoms with van der Waals surface area (Å²) in [6.07, 6.45) is 0. The molecule has 0 heterocycles. The fraction of sp³-hybridized carbons (Fsp3) is 0.136. The SMILES string of the molecule is CCOc1ccc(NS(=O)(=O)c2cc(NC(=O)c3ccc(Cl)c(Cl)c3)ccc2OC)cc1. The van der Waals surface area contributed by atoms with Gasteiger partial charge in [-0.3, -0.25) is 9.52 Å². The second kappa shape index (κ2) is 10.1. The first-order valence-electron chi connectivity index (χ1n) is 9.43. The molecule has 3 aromatic rings. The third kappa shape index (κ3) is 5.64. The van der Waals surface area contributed by atoms with Crippen LogP contribution < -0.4 is 19.5 Å². The molecule has 0 aliphatic heterocycles. The highest BCUT2D eigenvalue weighted by Gasteiger charge is 2.21. The zero-order valence-corrected chi connectivity index (χ0v) is 19.5. The molecule has 7 nitrogen and oxygen atoms in total. The molecule has 0 aromatic heterocycles. The summed E-state index contributed by atoms with van der Waals surface area (Å²) in [7, 11) is -2.66. The lowest BCUT2D eigenvalue weighted by molar-refractivity contribution is 0.102. The van der Waals surface area contributed by atoms with E-state index in [2.05, 4.69) is 10.0 Å². The van der Waals surface area contributed by atoms with E-state index >= 15 is 0 Å². The highest BCUT2D eigenvalue weighted by Crippen LogP contribution is 2.30. The molecule has 168 valence electrons. The number of carbonyl (C=O) groups is 1. The second-order valence-corrected chi connectivity index (χ2v) is 8.98. The van der Waals surface area contributed by atoms with Gasteiger partial charge in [0.1, 0.15) is 16.4 Å². The number of methoxy groups -OCH3 is 1. The number of amides is 1. The first kappa shape index (κ1) is 23.7. The van der Waals surface area contributed by atoms with Crippen LogP contribution in [0.4, 0.5) is 11.4 Å². The molecule has 1 amide bonds. The van der Waals surface area contributed by atoms with E-state index in [1.807, 2.05) is 6.92 Å². The number of nitrogens with one attached hydrogen (secondary N) is 2. The Balaban J connectivity index is 1.86. The van der Waals surface area contributed by atoms with Crippen molar-refractivity contribution in [2.45, 2.75) is 11.8 Å². The van der Waals surface area contributed by atoms with Crippen molar-refractivity contribution in [2.75, 3.05) is 23.8 Å². The van der Waals surface area contributed by atoms with Crippen molar-refractivity contribution in [2.24, 2.45) is 0 Å². The Kier molecular flexibility index (Phi) is 7.50. The highest BCUT2D eigenvalue weighted by molar-refractivity contribution is 7.92. The van der Waals surface area contributed by atoms with Gasteiger partial charge in [0.25, 0.3) is 15.9 Å². The number of hydrogen-bond acceptors (Lipinski definition) is 5. The molecular formula is C22H20Cl2N2O5S. The summed E-state index contributed by atoms with van der Waals surface area (Å²) in [6, 6.07) is 15.2. The van der Waals surface area contributed by atoms with E-state index in [1.165, 1.54) is 43.5 Å². The Hall–Kier alpha value is -2.94. The van der Waals surface area contributed by atoms with E-state index < -0.39 is 15.9 Å². The molecule has 0 bridgehead atoms. The van der Waals surface area contributed by atoms with Crippen molar-refractivity contribution < 1.29 is 22.7 Å². The Bertz CT molecular complexity index is 1230. The first-order chi connectivity index (χ1) is 15.2. The number of carbonyl (C=O) groups excluding carboxylic acids is 1. The molecule has 3 aromatic carbocycles. The number of rotatable bonds is 8. The van der Waals surface area contributed by atoms with Gasteiger partial charge in [0.15, 0.2) is 0 Å². The molecule has 0 saturated heterocycles. The number of benzene rings is 3. The maximum Gasteiger partial charge on any atom is 0.265 e. The molecule has 0 atom stereocenters. The lowest BCUT2D eigenvalue weighted by Gasteiger charge is -2.14. The van der Waals surface area contributed by atoms with Crippen molar-refractivity contribution in [3.05, 3.63) is 76.3 Å². The zero-order valence-electron chi connectivity index (χ0n) is 17.2. The molecule has 0 fully saturated rings. The van der Waals surface area contributed by atoms with Gasteiger partial charge in [0, 0.05) is 16.9 Å². The molecule has 0 spiro atoms. The van der Waals surface area contributed by atoms with Gasteiger partial charge in [-0.15, -0.1) is 0 Å². The molecular weight excluding hydrogens is 475 g/mol. The van der Waals surface area contributed by atoms with Gasteiger partial charge in [-0.2, -0.15) is 0 Å². The van der Waals surface area contributed by atoms with Gasteiger partial charge in [-0.25, -0.2) is 8.42 Å². The number of sulfonamides is 1. The third-order valence-corrected chi connectivity index (χ3v) is 6.45. The van der Waals surface area contributed by atoms with Crippen LogP contribution in [0.3, 0.4) is 0 Å². The van der Waals surface area contributed by atoms with E-state index in [0.717, 1.165) is 0 Å². The summed E-state index contributed by atoms with van der Waals surface area (Å²) in [5.41, 5.74) is 0.877. The molecule has 0 radical (unpaired) electrons. The van der Waals surface area contributed by atoms with Crippen LogP contribution in [0.1, 0.15) is 17.3 Å². The number of ether oxygens (including phenoxy) is 2.